The molecule has 0 saturated heterocycles. The SMILES string of the molecule is Cn1nc(-c2ccc3c(c2)OCCCO3)nc1CN. The summed E-state index contributed by atoms with van der Waals surface area (Å²) in [5, 5.41) is 4.35. The first-order chi connectivity index (χ1) is 9.28. The summed E-state index contributed by atoms with van der Waals surface area (Å²) in [5.74, 6) is 2.92. The average molecular weight is 260 g/mol. The van der Waals surface area contributed by atoms with Crippen LogP contribution in [-0.2, 0) is 13.6 Å². The van der Waals surface area contributed by atoms with E-state index in [0.717, 1.165) is 29.3 Å². The van der Waals surface area contributed by atoms with Gasteiger partial charge in [-0.05, 0) is 18.2 Å². The van der Waals surface area contributed by atoms with Gasteiger partial charge in [0.2, 0.25) is 0 Å². The van der Waals surface area contributed by atoms with Crippen molar-refractivity contribution in [2.75, 3.05) is 13.2 Å². The molecule has 2 heterocycles. The number of fused-ring (bicyclic) bond motifs is 1. The number of hydrogen-bond acceptors (Lipinski definition) is 5. The zero-order valence-electron chi connectivity index (χ0n) is 10.8. The summed E-state index contributed by atoms with van der Waals surface area (Å²) in [6.07, 6.45) is 0.892. The third-order valence-electron chi connectivity index (χ3n) is 3.04. The lowest BCUT2D eigenvalue weighted by molar-refractivity contribution is 0.297. The Kier molecular flexibility index (Phi) is 3.08. The van der Waals surface area contributed by atoms with Gasteiger partial charge in [-0.25, -0.2) is 4.98 Å². The monoisotopic (exact) mass is 260 g/mol. The topological polar surface area (TPSA) is 75.2 Å². The number of aryl methyl sites for hydroxylation is 1. The number of nitrogens with zero attached hydrogens (tertiary/aromatic N) is 3. The van der Waals surface area contributed by atoms with Crippen LogP contribution in [0.5, 0.6) is 11.5 Å². The summed E-state index contributed by atoms with van der Waals surface area (Å²) >= 11 is 0. The molecule has 0 aliphatic carbocycles. The first-order valence-corrected chi connectivity index (χ1v) is 6.28. The molecule has 6 heteroatoms. The molecule has 1 aliphatic heterocycles. The molecule has 19 heavy (non-hydrogen) atoms. The Hall–Kier alpha value is -2.08. The fourth-order valence-electron chi connectivity index (χ4n) is 2.02. The predicted molar refractivity (Wildman–Crippen MR) is 69.9 cm³/mol. The van der Waals surface area contributed by atoms with Crippen LogP contribution in [0.2, 0.25) is 0 Å². The minimum atomic E-state index is 0.369. The molecule has 0 fully saturated rings. The van der Waals surface area contributed by atoms with Crippen molar-refractivity contribution in [2.24, 2.45) is 12.8 Å². The molecule has 0 spiro atoms. The molecule has 0 amide bonds. The second kappa shape index (κ2) is 4.89. The van der Waals surface area contributed by atoms with Gasteiger partial charge in [-0.2, -0.15) is 5.10 Å². The Labute approximate surface area is 111 Å². The standard InChI is InChI=1S/C13H16N4O2/c1-17-12(8-14)15-13(16-17)9-3-4-10-11(7-9)19-6-2-5-18-10/h3-4,7H,2,5-6,8,14H2,1H3. The van der Waals surface area contributed by atoms with E-state index in [1.165, 1.54) is 0 Å². The van der Waals surface area contributed by atoms with Gasteiger partial charge in [0.1, 0.15) is 5.82 Å². The van der Waals surface area contributed by atoms with Crippen LogP contribution in [0.4, 0.5) is 0 Å². The molecule has 100 valence electrons. The van der Waals surface area contributed by atoms with E-state index in [1.54, 1.807) is 4.68 Å². The predicted octanol–water partition coefficient (Wildman–Crippen LogP) is 1.10. The lowest BCUT2D eigenvalue weighted by atomic mass is 10.2. The van der Waals surface area contributed by atoms with Gasteiger partial charge >= 0.3 is 0 Å². The molecule has 1 aliphatic rings. The second-order valence-electron chi connectivity index (χ2n) is 4.39. The Bertz CT molecular complexity index is 594. The van der Waals surface area contributed by atoms with E-state index in [9.17, 15) is 0 Å². The Morgan fingerprint density at radius 1 is 1.26 bits per heavy atom. The summed E-state index contributed by atoms with van der Waals surface area (Å²) in [6.45, 7) is 1.72. The number of hydrogen-bond donors (Lipinski definition) is 1. The normalized spacial score (nSPS) is 14.2. The number of ether oxygens (including phenoxy) is 2. The van der Waals surface area contributed by atoms with Crippen molar-refractivity contribution in [1.29, 1.82) is 0 Å². The fraction of sp³-hybridized carbons (Fsp3) is 0.385. The van der Waals surface area contributed by atoms with Gasteiger partial charge < -0.3 is 15.2 Å². The maximum absolute atomic E-state index is 5.66. The lowest BCUT2D eigenvalue weighted by Crippen LogP contribution is -2.05. The van der Waals surface area contributed by atoms with Gasteiger partial charge in [0.15, 0.2) is 17.3 Å². The second-order valence-corrected chi connectivity index (χ2v) is 4.39. The zero-order chi connectivity index (χ0) is 13.2. The number of benzene rings is 1. The first-order valence-electron chi connectivity index (χ1n) is 6.28. The van der Waals surface area contributed by atoms with Crippen molar-refractivity contribution in [2.45, 2.75) is 13.0 Å². The minimum Gasteiger partial charge on any atom is -0.490 e. The Balaban J connectivity index is 1.98. The van der Waals surface area contributed by atoms with Crippen LogP contribution in [0.1, 0.15) is 12.2 Å². The molecule has 3 rings (SSSR count). The smallest absolute Gasteiger partial charge is 0.181 e. The summed E-state index contributed by atoms with van der Waals surface area (Å²) in [4.78, 5) is 4.40. The third kappa shape index (κ3) is 2.26. The molecular formula is C13H16N4O2. The molecule has 2 aromatic rings. The molecule has 0 saturated carbocycles. The van der Waals surface area contributed by atoms with Gasteiger partial charge in [0, 0.05) is 19.0 Å². The molecule has 2 N–H and O–H groups in total. The minimum absolute atomic E-state index is 0.369. The molecule has 1 aromatic carbocycles. The van der Waals surface area contributed by atoms with Crippen LogP contribution in [0.25, 0.3) is 11.4 Å². The number of aromatic nitrogens is 3. The van der Waals surface area contributed by atoms with E-state index in [4.69, 9.17) is 15.2 Å². The molecule has 6 nitrogen and oxygen atoms in total. The van der Waals surface area contributed by atoms with Crippen molar-refractivity contribution in [3.63, 3.8) is 0 Å². The maximum atomic E-state index is 5.66. The van der Waals surface area contributed by atoms with Gasteiger partial charge in [0.05, 0.1) is 19.8 Å². The number of nitrogens with two attached hydrogens (primary N) is 1. The fourth-order valence-corrected chi connectivity index (χ4v) is 2.02. The highest BCUT2D eigenvalue weighted by Crippen LogP contribution is 2.33. The highest BCUT2D eigenvalue weighted by atomic mass is 16.5. The summed E-state index contributed by atoms with van der Waals surface area (Å²) < 4.78 is 13.0. The third-order valence-corrected chi connectivity index (χ3v) is 3.04. The summed E-state index contributed by atoms with van der Waals surface area (Å²) in [6, 6.07) is 5.74. The van der Waals surface area contributed by atoms with Crippen molar-refractivity contribution in [3.8, 4) is 22.9 Å². The summed E-state index contributed by atoms with van der Waals surface area (Å²) in [5.41, 5.74) is 6.51. The van der Waals surface area contributed by atoms with E-state index in [0.29, 0.717) is 25.6 Å². The van der Waals surface area contributed by atoms with E-state index < -0.39 is 0 Å². The van der Waals surface area contributed by atoms with Gasteiger partial charge in [-0.3, -0.25) is 4.68 Å². The summed E-state index contributed by atoms with van der Waals surface area (Å²) in [7, 11) is 1.84. The Morgan fingerprint density at radius 3 is 2.79 bits per heavy atom. The van der Waals surface area contributed by atoms with E-state index in [-0.39, 0.29) is 0 Å². The van der Waals surface area contributed by atoms with Crippen molar-refractivity contribution in [3.05, 3.63) is 24.0 Å². The van der Waals surface area contributed by atoms with Crippen molar-refractivity contribution in [1.82, 2.24) is 14.8 Å². The van der Waals surface area contributed by atoms with Gasteiger partial charge in [-0.15, -0.1) is 0 Å². The Morgan fingerprint density at radius 2 is 2.05 bits per heavy atom. The van der Waals surface area contributed by atoms with Crippen molar-refractivity contribution < 1.29 is 9.47 Å². The average Bonchev–Trinajstić information content (AvgIpc) is 2.66. The molecule has 0 bridgehead atoms. The molecule has 1 aromatic heterocycles. The van der Waals surface area contributed by atoms with Crippen LogP contribution in [0, 0.1) is 0 Å². The van der Waals surface area contributed by atoms with Crippen LogP contribution in [0.15, 0.2) is 18.2 Å². The van der Waals surface area contributed by atoms with Crippen LogP contribution >= 0.6 is 0 Å². The van der Waals surface area contributed by atoms with E-state index in [2.05, 4.69) is 10.1 Å². The van der Waals surface area contributed by atoms with Crippen LogP contribution in [0.3, 0.4) is 0 Å². The molecular weight excluding hydrogens is 244 g/mol. The van der Waals surface area contributed by atoms with E-state index >= 15 is 0 Å². The van der Waals surface area contributed by atoms with E-state index in [1.807, 2.05) is 25.2 Å². The molecule has 0 atom stereocenters. The van der Waals surface area contributed by atoms with Gasteiger partial charge in [0.25, 0.3) is 0 Å². The quantitative estimate of drug-likeness (QED) is 0.875. The zero-order valence-corrected chi connectivity index (χ0v) is 10.8. The van der Waals surface area contributed by atoms with Crippen molar-refractivity contribution >= 4 is 0 Å². The van der Waals surface area contributed by atoms with Crippen LogP contribution < -0.4 is 15.2 Å². The molecule has 0 radical (unpaired) electrons. The van der Waals surface area contributed by atoms with Crippen LogP contribution in [-0.4, -0.2) is 28.0 Å². The molecule has 0 unspecified atom stereocenters. The number of rotatable bonds is 2. The lowest BCUT2D eigenvalue weighted by Gasteiger charge is -2.07. The maximum Gasteiger partial charge on any atom is 0.181 e. The highest BCUT2D eigenvalue weighted by Gasteiger charge is 2.14. The van der Waals surface area contributed by atoms with Gasteiger partial charge in [-0.1, -0.05) is 0 Å². The largest absolute Gasteiger partial charge is 0.490 e. The first kappa shape index (κ1) is 12.0. The highest BCUT2D eigenvalue weighted by molar-refractivity contribution is 5.61.